The van der Waals surface area contributed by atoms with E-state index in [0.717, 1.165) is 32.2 Å². The number of Topliss-reactive ketones (excluding diaryl/α,β-unsaturated/α-hetero) is 1. The van der Waals surface area contributed by atoms with E-state index >= 15 is 0 Å². The molecule has 1 N–H and O–H groups in total. The highest BCUT2D eigenvalue weighted by atomic mass is 16.2. The number of nitrogens with zero attached hydrogens (tertiary/aromatic N) is 1. The van der Waals surface area contributed by atoms with Crippen LogP contribution in [0.15, 0.2) is 0 Å². The Morgan fingerprint density at radius 1 is 1.40 bits per heavy atom. The van der Waals surface area contributed by atoms with Crippen molar-refractivity contribution in [2.45, 2.75) is 38.1 Å². The zero-order valence-electron chi connectivity index (χ0n) is 9.16. The summed E-state index contributed by atoms with van der Waals surface area (Å²) in [6, 6.07) is 0.136. The fourth-order valence-electron chi connectivity index (χ4n) is 2.86. The molecular weight excluding hydrogens is 192 g/mol. The first-order chi connectivity index (χ1) is 7.24. The molecule has 0 spiro atoms. The molecule has 1 aliphatic heterocycles. The van der Waals surface area contributed by atoms with Gasteiger partial charge in [-0.05, 0) is 25.7 Å². The van der Waals surface area contributed by atoms with Crippen molar-refractivity contribution in [2.75, 3.05) is 13.6 Å². The number of amides is 2. The maximum Gasteiger partial charge on any atom is 0.317 e. The molecule has 2 aliphatic rings. The molecule has 84 valence electrons. The molecule has 2 atom stereocenters. The molecule has 0 bridgehead atoms. The predicted molar refractivity (Wildman–Crippen MR) is 56.5 cm³/mol. The fourth-order valence-corrected chi connectivity index (χ4v) is 2.86. The van der Waals surface area contributed by atoms with Gasteiger partial charge in [-0.15, -0.1) is 0 Å². The SMILES string of the molecule is CNC(=O)N1CCCC1C1CCCC1=O. The average molecular weight is 210 g/mol. The number of nitrogens with one attached hydrogen (secondary N) is 1. The van der Waals surface area contributed by atoms with Crippen LogP contribution in [0.3, 0.4) is 0 Å². The zero-order valence-corrected chi connectivity index (χ0v) is 9.16. The van der Waals surface area contributed by atoms with Crippen molar-refractivity contribution in [1.82, 2.24) is 10.2 Å². The highest BCUT2D eigenvalue weighted by molar-refractivity contribution is 5.84. The van der Waals surface area contributed by atoms with Gasteiger partial charge in [-0.25, -0.2) is 4.79 Å². The van der Waals surface area contributed by atoms with E-state index < -0.39 is 0 Å². The summed E-state index contributed by atoms with van der Waals surface area (Å²) in [5, 5.41) is 2.65. The quantitative estimate of drug-likeness (QED) is 0.706. The molecule has 2 amide bonds. The van der Waals surface area contributed by atoms with Gasteiger partial charge >= 0.3 is 6.03 Å². The third kappa shape index (κ3) is 1.85. The van der Waals surface area contributed by atoms with Crippen molar-refractivity contribution in [1.29, 1.82) is 0 Å². The Labute approximate surface area is 90.0 Å². The normalized spacial score (nSPS) is 31.0. The van der Waals surface area contributed by atoms with Crippen molar-refractivity contribution < 1.29 is 9.59 Å². The lowest BCUT2D eigenvalue weighted by molar-refractivity contribution is -0.121. The van der Waals surface area contributed by atoms with Crippen LogP contribution in [-0.4, -0.2) is 36.3 Å². The highest BCUT2D eigenvalue weighted by Gasteiger charge is 2.39. The summed E-state index contributed by atoms with van der Waals surface area (Å²) in [5.41, 5.74) is 0. The van der Waals surface area contributed by atoms with Gasteiger partial charge < -0.3 is 10.2 Å². The van der Waals surface area contributed by atoms with Gasteiger partial charge in [0.2, 0.25) is 0 Å². The summed E-state index contributed by atoms with van der Waals surface area (Å²) in [6.45, 7) is 0.800. The molecule has 4 nitrogen and oxygen atoms in total. The lowest BCUT2D eigenvalue weighted by Crippen LogP contribution is -2.45. The Bertz CT molecular complexity index is 278. The molecule has 0 aromatic rings. The Kier molecular flexibility index (Phi) is 2.93. The van der Waals surface area contributed by atoms with Crippen LogP contribution in [0.5, 0.6) is 0 Å². The number of carbonyl (C=O) groups is 2. The van der Waals surface area contributed by atoms with Gasteiger partial charge in [0.05, 0.1) is 0 Å². The van der Waals surface area contributed by atoms with Crippen LogP contribution >= 0.6 is 0 Å². The molecule has 4 heteroatoms. The lowest BCUT2D eigenvalue weighted by atomic mass is 9.95. The molecular formula is C11H18N2O2. The Morgan fingerprint density at radius 2 is 2.20 bits per heavy atom. The Morgan fingerprint density at radius 3 is 2.80 bits per heavy atom. The third-order valence-electron chi connectivity index (χ3n) is 3.59. The number of hydrogen-bond acceptors (Lipinski definition) is 2. The predicted octanol–water partition coefficient (Wildman–Crippen LogP) is 1.16. The minimum Gasteiger partial charge on any atom is -0.341 e. The number of carbonyl (C=O) groups excluding carboxylic acids is 2. The molecule has 0 aromatic heterocycles. The monoisotopic (exact) mass is 210 g/mol. The maximum absolute atomic E-state index is 11.7. The number of hydrogen-bond donors (Lipinski definition) is 1. The molecule has 0 aromatic carbocycles. The standard InChI is InChI=1S/C11H18N2O2/c1-12-11(15)13-7-3-5-9(13)8-4-2-6-10(8)14/h8-9H,2-7H2,1H3,(H,12,15). The van der Waals surface area contributed by atoms with E-state index in [0.29, 0.717) is 12.2 Å². The summed E-state index contributed by atoms with van der Waals surface area (Å²) in [7, 11) is 1.65. The largest absolute Gasteiger partial charge is 0.341 e. The van der Waals surface area contributed by atoms with E-state index in [-0.39, 0.29) is 18.0 Å². The van der Waals surface area contributed by atoms with Crippen molar-refractivity contribution in [2.24, 2.45) is 5.92 Å². The van der Waals surface area contributed by atoms with E-state index in [1.807, 2.05) is 4.90 Å². The topological polar surface area (TPSA) is 49.4 Å². The van der Waals surface area contributed by atoms with Crippen molar-refractivity contribution >= 4 is 11.8 Å². The second-order valence-electron chi connectivity index (χ2n) is 4.42. The van der Waals surface area contributed by atoms with Crippen molar-refractivity contribution in [3.05, 3.63) is 0 Å². The molecule has 2 fully saturated rings. The van der Waals surface area contributed by atoms with E-state index in [1.54, 1.807) is 7.05 Å². The van der Waals surface area contributed by atoms with Gasteiger partial charge in [-0.1, -0.05) is 0 Å². The molecule has 1 heterocycles. The first-order valence-electron chi connectivity index (χ1n) is 5.75. The van der Waals surface area contributed by atoms with E-state index in [4.69, 9.17) is 0 Å². The third-order valence-corrected chi connectivity index (χ3v) is 3.59. The smallest absolute Gasteiger partial charge is 0.317 e. The van der Waals surface area contributed by atoms with Gasteiger partial charge in [0.1, 0.15) is 5.78 Å². The Hall–Kier alpha value is -1.06. The summed E-state index contributed by atoms with van der Waals surface area (Å²) >= 11 is 0. The molecule has 1 saturated heterocycles. The van der Waals surface area contributed by atoms with Crippen molar-refractivity contribution in [3.8, 4) is 0 Å². The van der Waals surface area contributed by atoms with Gasteiger partial charge in [0.15, 0.2) is 0 Å². The van der Waals surface area contributed by atoms with Crippen LogP contribution in [-0.2, 0) is 4.79 Å². The lowest BCUT2D eigenvalue weighted by Gasteiger charge is -2.28. The second kappa shape index (κ2) is 4.21. The summed E-state index contributed by atoms with van der Waals surface area (Å²) in [6.07, 6.45) is 4.70. The molecule has 15 heavy (non-hydrogen) atoms. The van der Waals surface area contributed by atoms with Crippen LogP contribution in [0, 0.1) is 5.92 Å². The summed E-state index contributed by atoms with van der Waals surface area (Å²) < 4.78 is 0. The van der Waals surface area contributed by atoms with Gasteiger partial charge in [0.25, 0.3) is 0 Å². The molecule has 2 rings (SSSR count). The molecule has 1 aliphatic carbocycles. The van der Waals surface area contributed by atoms with Crippen LogP contribution in [0.25, 0.3) is 0 Å². The van der Waals surface area contributed by atoms with Crippen LogP contribution in [0.1, 0.15) is 32.1 Å². The molecule has 1 saturated carbocycles. The van der Waals surface area contributed by atoms with Crippen LogP contribution < -0.4 is 5.32 Å². The average Bonchev–Trinajstić information content (AvgIpc) is 2.84. The highest BCUT2D eigenvalue weighted by Crippen LogP contribution is 2.33. The molecule has 2 unspecified atom stereocenters. The maximum atomic E-state index is 11.7. The van der Waals surface area contributed by atoms with Crippen LogP contribution in [0.2, 0.25) is 0 Å². The van der Waals surface area contributed by atoms with Crippen LogP contribution in [0.4, 0.5) is 4.79 Å². The van der Waals surface area contributed by atoms with Crippen molar-refractivity contribution in [3.63, 3.8) is 0 Å². The van der Waals surface area contributed by atoms with E-state index in [9.17, 15) is 9.59 Å². The fraction of sp³-hybridized carbons (Fsp3) is 0.818. The number of ketones is 1. The minimum atomic E-state index is -0.0304. The summed E-state index contributed by atoms with van der Waals surface area (Å²) in [5.74, 6) is 0.473. The van der Waals surface area contributed by atoms with Gasteiger partial charge in [-0.3, -0.25) is 4.79 Å². The molecule has 0 radical (unpaired) electrons. The number of likely N-dealkylation sites (tertiary alicyclic amines) is 1. The minimum absolute atomic E-state index is 0.0304. The zero-order chi connectivity index (χ0) is 10.8. The number of rotatable bonds is 1. The first kappa shape index (κ1) is 10.5. The first-order valence-corrected chi connectivity index (χ1v) is 5.75. The van der Waals surface area contributed by atoms with E-state index in [1.165, 1.54) is 0 Å². The Balaban J connectivity index is 2.07. The summed E-state index contributed by atoms with van der Waals surface area (Å²) in [4.78, 5) is 25.1. The van der Waals surface area contributed by atoms with E-state index in [2.05, 4.69) is 5.32 Å². The van der Waals surface area contributed by atoms with Gasteiger partial charge in [0, 0.05) is 32.0 Å². The van der Waals surface area contributed by atoms with Gasteiger partial charge in [-0.2, -0.15) is 0 Å². The second-order valence-corrected chi connectivity index (χ2v) is 4.42. The number of urea groups is 1.